The molecule has 2 aliphatic rings. The number of hydrogen-bond acceptors (Lipinski definition) is 3. The summed E-state index contributed by atoms with van der Waals surface area (Å²) in [7, 11) is 0. The van der Waals surface area contributed by atoms with Crippen LogP contribution >= 0.6 is 0 Å². The van der Waals surface area contributed by atoms with Crippen LogP contribution in [0.2, 0.25) is 0 Å². The van der Waals surface area contributed by atoms with Crippen molar-refractivity contribution in [3.63, 3.8) is 0 Å². The quantitative estimate of drug-likeness (QED) is 0.847. The first-order chi connectivity index (χ1) is 12.1. The number of aromatic nitrogens is 1. The molecule has 3 rings (SSSR count). The molecule has 0 aromatic carbocycles. The molecular weight excluding hydrogens is 314 g/mol. The summed E-state index contributed by atoms with van der Waals surface area (Å²) in [6, 6.07) is 3.90. The molecule has 2 amide bonds. The molecule has 2 fully saturated rings. The number of nitrogens with zero attached hydrogens (tertiary/aromatic N) is 3. The van der Waals surface area contributed by atoms with Gasteiger partial charge in [0, 0.05) is 44.2 Å². The summed E-state index contributed by atoms with van der Waals surface area (Å²) >= 11 is 0. The predicted octanol–water partition coefficient (Wildman–Crippen LogP) is 3.13. The van der Waals surface area contributed by atoms with Crippen LogP contribution in [0.15, 0.2) is 12.1 Å². The van der Waals surface area contributed by atoms with Gasteiger partial charge < -0.3 is 9.80 Å². The molecule has 2 aliphatic heterocycles. The minimum Gasteiger partial charge on any atom is -0.343 e. The molecule has 0 atom stereocenters. The standard InChI is InChI=1S/C20H29N3O2/c1-3-18(24)22-13-9-16(10-14-22)19-17(8-7-15(2)21-19)20(25)23-11-5-4-6-12-23/h7-8,16H,3-6,9-14H2,1-2H3. The highest BCUT2D eigenvalue weighted by atomic mass is 16.2. The van der Waals surface area contributed by atoms with E-state index >= 15 is 0 Å². The smallest absolute Gasteiger partial charge is 0.255 e. The van der Waals surface area contributed by atoms with Gasteiger partial charge in [-0.2, -0.15) is 0 Å². The van der Waals surface area contributed by atoms with Crippen LogP contribution in [-0.4, -0.2) is 52.8 Å². The summed E-state index contributed by atoms with van der Waals surface area (Å²) in [5, 5.41) is 0. The minimum atomic E-state index is 0.134. The fraction of sp³-hybridized carbons (Fsp3) is 0.650. The van der Waals surface area contributed by atoms with Gasteiger partial charge in [-0.1, -0.05) is 6.92 Å². The van der Waals surface area contributed by atoms with Gasteiger partial charge in [0.05, 0.1) is 11.3 Å². The van der Waals surface area contributed by atoms with E-state index < -0.39 is 0 Å². The zero-order chi connectivity index (χ0) is 17.8. The van der Waals surface area contributed by atoms with Crippen LogP contribution in [0, 0.1) is 6.92 Å². The van der Waals surface area contributed by atoms with Crippen molar-refractivity contribution in [1.82, 2.24) is 14.8 Å². The fourth-order valence-electron chi connectivity index (χ4n) is 3.96. The van der Waals surface area contributed by atoms with Crippen LogP contribution in [-0.2, 0) is 4.79 Å². The van der Waals surface area contributed by atoms with Crippen LogP contribution in [0.5, 0.6) is 0 Å². The van der Waals surface area contributed by atoms with E-state index in [0.29, 0.717) is 6.42 Å². The molecule has 0 radical (unpaired) electrons. The molecule has 5 heteroatoms. The van der Waals surface area contributed by atoms with Crippen LogP contribution in [0.25, 0.3) is 0 Å². The number of amides is 2. The lowest BCUT2D eigenvalue weighted by molar-refractivity contribution is -0.131. The molecule has 2 saturated heterocycles. The maximum Gasteiger partial charge on any atom is 0.255 e. The maximum absolute atomic E-state index is 13.0. The lowest BCUT2D eigenvalue weighted by atomic mass is 9.89. The topological polar surface area (TPSA) is 53.5 Å². The van der Waals surface area contributed by atoms with Crippen molar-refractivity contribution in [3.05, 3.63) is 29.1 Å². The Morgan fingerprint density at radius 2 is 1.72 bits per heavy atom. The van der Waals surface area contributed by atoms with Crippen molar-refractivity contribution in [2.75, 3.05) is 26.2 Å². The molecule has 0 unspecified atom stereocenters. The molecule has 0 spiro atoms. The summed E-state index contributed by atoms with van der Waals surface area (Å²) < 4.78 is 0. The molecule has 0 saturated carbocycles. The molecule has 3 heterocycles. The average molecular weight is 343 g/mol. The number of pyridine rings is 1. The van der Waals surface area contributed by atoms with Crippen molar-refractivity contribution in [1.29, 1.82) is 0 Å². The van der Waals surface area contributed by atoms with Crippen molar-refractivity contribution >= 4 is 11.8 Å². The first-order valence-electron chi connectivity index (χ1n) is 9.64. The summed E-state index contributed by atoms with van der Waals surface area (Å²) in [6.07, 6.45) is 5.75. The van der Waals surface area contributed by atoms with Gasteiger partial charge in [0.15, 0.2) is 0 Å². The molecule has 1 aromatic heterocycles. The molecule has 1 aromatic rings. The van der Waals surface area contributed by atoms with Gasteiger partial charge in [-0.15, -0.1) is 0 Å². The van der Waals surface area contributed by atoms with Crippen molar-refractivity contribution in [3.8, 4) is 0 Å². The van der Waals surface area contributed by atoms with E-state index in [1.165, 1.54) is 6.42 Å². The van der Waals surface area contributed by atoms with Gasteiger partial charge in [-0.3, -0.25) is 14.6 Å². The largest absolute Gasteiger partial charge is 0.343 e. The number of carbonyl (C=O) groups excluding carboxylic acids is 2. The Hall–Kier alpha value is -1.91. The van der Waals surface area contributed by atoms with E-state index in [9.17, 15) is 9.59 Å². The minimum absolute atomic E-state index is 0.134. The number of piperidine rings is 2. The van der Waals surface area contributed by atoms with Crippen molar-refractivity contribution in [2.45, 2.75) is 58.3 Å². The lowest BCUT2D eigenvalue weighted by Crippen LogP contribution is -2.39. The first kappa shape index (κ1) is 17.9. The fourth-order valence-corrected chi connectivity index (χ4v) is 3.96. The molecule has 0 aliphatic carbocycles. The number of likely N-dealkylation sites (tertiary alicyclic amines) is 2. The second-order valence-corrected chi connectivity index (χ2v) is 7.25. The third-order valence-corrected chi connectivity index (χ3v) is 5.47. The Kier molecular flexibility index (Phi) is 5.71. The zero-order valence-corrected chi connectivity index (χ0v) is 15.5. The number of aryl methyl sites for hydroxylation is 1. The predicted molar refractivity (Wildman–Crippen MR) is 97.6 cm³/mol. The molecule has 0 bridgehead atoms. The summed E-state index contributed by atoms with van der Waals surface area (Å²) in [4.78, 5) is 33.6. The Balaban J connectivity index is 1.78. The zero-order valence-electron chi connectivity index (χ0n) is 15.5. The monoisotopic (exact) mass is 343 g/mol. The van der Waals surface area contributed by atoms with Crippen LogP contribution in [0.1, 0.15) is 73.1 Å². The van der Waals surface area contributed by atoms with E-state index in [1.807, 2.05) is 35.8 Å². The first-order valence-corrected chi connectivity index (χ1v) is 9.64. The van der Waals surface area contributed by atoms with Crippen molar-refractivity contribution in [2.24, 2.45) is 0 Å². The van der Waals surface area contributed by atoms with Gasteiger partial charge >= 0.3 is 0 Å². The summed E-state index contributed by atoms with van der Waals surface area (Å²) in [5.74, 6) is 0.624. The molecule has 25 heavy (non-hydrogen) atoms. The highest BCUT2D eigenvalue weighted by Gasteiger charge is 2.29. The SMILES string of the molecule is CCC(=O)N1CCC(c2nc(C)ccc2C(=O)N2CCCCC2)CC1. The normalized spacial score (nSPS) is 19.1. The molecule has 5 nitrogen and oxygen atoms in total. The van der Waals surface area contributed by atoms with E-state index in [0.717, 1.165) is 68.8 Å². The Morgan fingerprint density at radius 3 is 2.36 bits per heavy atom. The maximum atomic E-state index is 13.0. The average Bonchev–Trinajstić information content (AvgIpc) is 2.67. The van der Waals surface area contributed by atoms with E-state index in [-0.39, 0.29) is 17.7 Å². The van der Waals surface area contributed by atoms with Gasteiger partial charge in [-0.25, -0.2) is 0 Å². The van der Waals surface area contributed by atoms with E-state index in [4.69, 9.17) is 4.98 Å². The Morgan fingerprint density at radius 1 is 1.04 bits per heavy atom. The van der Waals surface area contributed by atoms with Crippen LogP contribution in [0.3, 0.4) is 0 Å². The highest BCUT2D eigenvalue weighted by Crippen LogP contribution is 2.30. The second kappa shape index (κ2) is 7.98. The van der Waals surface area contributed by atoms with E-state index in [1.54, 1.807) is 0 Å². The van der Waals surface area contributed by atoms with Gasteiger partial charge in [0.2, 0.25) is 5.91 Å². The molecular formula is C20H29N3O2. The number of rotatable bonds is 3. The Bertz CT molecular complexity index is 630. The molecule has 136 valence electrons. The van der Waals surface area contributed by atoms with Crippen molar-refractivity contribution < 1.29 is 9.59 Å². The van der Waals surface area contributed by atoms with Crippen LogP contribution in [0.4, 0.5) is 0 Å². The molecule has 0 N–H and O–H groups in total. The lowest BCUT2D eigenvalue weighted by Gasteiger charge is -2.33. The third kappa shape index (κ3) is 4.02. The summed E-state index contributed by atoms with van der Waals surface area (Å²) in [5.41, 5.74) is 2.67. The Labute approximate surface area is 150 Å². The number of carbonyl (C=O) groups is 2. The second-order valence-electron chi connectivity index (χ2n) is 7.25. The van der Waals surface area contributed by atoms with E-state index in [2.05, 4.69) is 0 Å². The highest BCUT2D eigenvalue weighted by molar-refractivity contribution is 5.95. The summed E-state index contributed by atoms with van der Waals surface area (Å²) in [6.45, 7) is 7.14. The van der Waals surface area contributed by atoms with Gasteiger partial charge in [0.25, 0.3) is 5.91 Å². The third-order valence-electron chi connectivity index (χ3n) is 5.47. The van der Waals surface area contributed by atoms with Crippen LogP contribution < -0.4 is 0 Å². The van der Waals surface area contributed by atoms with Gasteiger partial charge in [0.1, 0.15) is 0 Å². The number of hydrogen-bond donors (Lipinski definition) is 0. The van der Waals surface area contributed by atoms with Gasteiger partial charge in [-0.05, 0) is 51.2 Å².